The molecular weight excluding hydrogens is 306 g/mol. The molecule has 0 aliphatic carbocycles. The molecule has 0 unspecified atom stereocenters. The first-order valence-electron chi connectivity index (χ1n) is 8.58. The fourth-order valence-electron chi connectivity index (χ4n) is 1.66. The van der Waals surface area contributed by atoms with Gasteiger partial charge in [0.25, 0.3) is 0 Å². The predicted molar refractivity (Wildman–Crippen MR) is 101 cm³/mol. The number of hydrogen-bond acceptors (Lipinski definition) is 4. The van der Waals surface area contributed by atoms with E-state index in [1.807, 2.05) is 6.08 Å². The molecule has 0 saturated carbocycles. The van der Waals surface area contributed by atoms with Gasteiger partial charge < -0.3 is 9.84 Å². The van der Waals surface area contributed by atoms with Gasteiger partial charge in [-0.15, -0.1) is 0 Å². The summed E-state index contributed by atoms with van der Waals surface area (Å²) in [6.45, 7) is 5.26. The molecule has 0 aliphatic rings. The summed E-state index contributed by atoms with van der Waals surface area (Å²) in [4.78, 5) is 20.3. The van der Waals surface area contributed by atoms with Gasteiger partial charge in [0, 0.05) is 6.42 Å². The fraction of sp³-hybridized carbons (Fsp3) is 0.737. The minimum absolute atomic E-state index is 0. The first-order chi connectivity index (χ1) is 11.0. The van der Waals surface area contributed by atoms with Gasteiger partial charge in [-0.05, 0) is 25.8 Å². The standard InChI is InChI=1S/C15H27NO2.C3H6O2.CH4/c1-3-4-5-6-7-8-9-10-11-12-13-18-15(17)14(2)16;1-2-3(4)5;/h12-13,16H,3-11H2,1-2H3;2H2,1H3,(H,4,5);1H4. The molecule has 0 amide bonds. The van der Waals surface area contributed by atoms with Gasteiger partial charge in [0.1, 0.15) is 5.71 Å². The smallest absolute Gasteiger partial charge is 0.356 e. The van der Waals surface area contributed by atoms with Gasteiger partial charge in [-0.2, -0.15) is 0 Å². The maximum Gasteiger partial charge on any atom is 0.356 e. The molecule has 0 fully saturated rings. The third-order valence-electron chi connectivity index (χ3n) is 3.10. The molecule has 0 saturated heterocycles. The minimum atomic E-state index is -0.745. The third kappa shape index (κ3) is 25.3. The molecule has 2 N–H and O–H groups in total. The molecule has 0 spiro atoms. The molecule has 0 radical (unpaired) electrons. The monoisotopic (exact) mass is 343 g/mol. The number of rotatable bonds is 12. The molecule has 142 valence electrons. The Balaban J connectivity index is -0.000000639. The van der Waals surface area contributed by atoms with Crippen LogP contribution < -0.4 is 0 Å². The lowest BCUT2D eigenvalue weighted by Crippen LogP contribution is -2.09. The van der Waals surface area contributed by atoms with Crippen LogP contribution in [0.5, 0.6) is 0 Å². The largest absolute Gasteiger partial charge is 0.481 e. The molecule has 0 aromatic carbocycles. The Bertz CT molecular complexity index is 351. The van der Waals surface area contributed by atoms with Crippen LogP contribution in [0.3, 0.4) is 0 Å². The van der Waals surface area contributed by atoms with Crippen LogP contribution in [0.25, 0.3) is 0 Å². The van der Waals surface area contributed by atoms with Crippen LogP contribution >= 0.6 is 0 Å². The fourth-order valence-corrected chi connectivity index (χ4v) is 1.66. The SMILES string of the molecule is C.CCC(=O)O.CCCCCCCCCCC=COC(=O)C(C)=N. The molecule has 0 aliphatic heterocycles. The lowest BCUT2D eigenvalue weighted by Gasteiger charge is -2.00. The van der Waals surface area contributed by atoms with Crippen LogP contribution in [-0.2, 0) is 14.3 Å². The van der Waals surface area contributed by atoms with Crippen LogP contribution in [0.4, 0.5) is 0 Å². The Morgan fingerprint density at radius 1 is 1.00 bits per heavy atom. The number of unbranched alkanes of at least 4 members (excludes halogenated alkanes) is 8. The van der Waals surface area contributed by atoms with Crippen molar-refractivity contribution in [2.24, 2.45) is 0 Å². The van der Waals surface area contributed by atoms with E-state index in [2.05, 4.69) is 6.92 Å². The van der Waals surface area contributed by atoms with Crippen LogP contribution in [0.2, 0.25) is 0 Å². The Kier molecular flexibility index (Phi) is 24.2. The lowest BCUT2D eigenvalue weighted by molar-refractivity contribution is -0.136. The molecular formula is C19H37NO4. The Morgan fingerprint density at radius 2 is 1.46 bits per heavy atom. The number of ether oxygens (including phenoxy) is 1. The topological polar surface area (TPSA) is 87.5 Å². The number of esters is 1. The average molecular weight is 344 g/mol. The summed E-state index contributed by atoms with van der Waals surface area (Å²) in [5, 5.41) is 14.8. The molecule has 24 heavy (non-hydrogen) atoms. The van der Waals surface area contributed by atoms with Crippen molar-refractivity contribution < 1.29 is 19.4 Å². The van der Waals surface area contributed by atoms with Crippen molar-refractivity contribution in [3.63, 3.8) is 0 Å². The van der Waals surface area contributed by atoms with E-state index in [1.54, 1.807) is 6.92 Å². The normalized spacial score (nSPS) is 9.62. The van der Waals surface area contributed by atoms with E-state index in [-0.39, 0.29) is 19.6 Å². The van der Waals surface area contributed by atoms with Gasteiger partial charge >= 0.3 is 11.9 Å². The van der Waals surface area contributed by atoms with E-state index in [9.17, 15) is 9.59 Å². The highest BCUT2D eigenvalue weighted by molar-refractivity contribution is 6.34. The Labute approximate surface area is 148 Å². The molecule has 0 bridgehead atoms. The summed E-state index contributed by atoms with van der Waals surface area (Å²) in [7, 11) is 0. The number of hydrogen-bond donors (Lipinski definition) is 2. The number of aliphatic carboxylic acids is 1. The van der Waals surface area contributed by atoms with Crippen molar-refractivity contribution in [3.8, 4) is 0 Å². The number of carbonyl (C=O) groups is 2. The molecule has 0 heterocycles. The van der Waals surface area contributed by atoms with E-state index in [0.29, 0.717) is 0 Å². The second kappa shape index (κ2) is 21.4. The first kappa shape index (κ1) is 27.2. The highest BCUT2D eigenvalue weighted by Crippen LogP contribution is 2.09. The zero-order valence-corrected chi connectivity index (χ0v) is 14.9. The third-order valence-corrected chi connectivity index (χ3v) is 3.10. The van der Waals surface area contributed by atoms with Crippen molar-refractivity contribution in [3.05, 3.63) is 12.3 Å². The van der Waals surface area contributed by atoms with Crippen molar-refractivity contribution in [1.82, 2.24) is 0 Å². The predicted octanol–water partition coefficient (Wildman–Crippen LogP) is 5.73. The maximum atomic E-state index is 10.9. The highest BCUT2D eigenvalue weighted by atomic mass is 16.5. The summed E-state index contributed by atoms with van der Waals surface area (Å²) in [6.07, 6.45) is 14.9. The van der Waals surface area contributed by atoms with Crippen molar-refractivity contribution in [2.45, 2.75) is 92.4 Å². The van der Waals surface area contributed by atoms with Crippen LogP contribution in [0.1, 0.15) is 92.4 Å². The van der Waals surface area contributed by atoms with Gasteiger partial charge in [0.15, 0.2) is 0 Å². The van der Waals surface area contributed by atoms with E-state index in [1.165, 1.54) is 58.1 Å². The van der Waals surface area contributed by atoms with Crippen molar-refractivity contribution in [1.29, 1.82) is 5.41 Å². The number of carbonyl (C=O) groups excluding carboxylic acids is 1. The quantitative estimate of drug-likeness (QED) is 0.205. The van der Waals surface area contributed by atoms with Gasteiger partial charge in [0.2, 0.25) is 0 Å². The van der Waals surface area contributed by atoms with Crippen LogP contribution in [0.15, 0.2) is 12.3 Å². The highest BCUT2D eigenvalue weighted by Gasteiger charge is 2.01. The van der Waals surface area contributed by atoms with Crippen molar-refractivity contribution >= 4 is 17.7 Å². The summed E-state index contributed by atoms with van der Waals surface area (Å²) in [5.41, 5.74) is -0.0632. The zero-order chi connectivity index (χ0) is 17.9. The van der Waals surface area contributed by atoms with Gasteiger partial charge in [-0.3, -0.25) is 10.2 Å². The molecule has 0 atom stereocenters. The van der Waals surface area contributed by atoms with Crippen molar-refractivity contribution in [2.75, 3.05) is 0 Å². The van der Waals surface area contributed by atoms with E-state index >= 15 is 0 Å². The van der Waals surface area contributed by atoms with E-state index in [0.717, 1.165) is 12.8 Å². The van der Waals surface area contributed by atoms with Gasteiger partial charge in [-0.25, -0.2) is 4.79 Å². The van der Waals surface area contributed by atoms with Crippen LogP contribution in [-0.4, -0.2) is 22.8 Å². The van der Waals surface area contributed by atoms with Gasteiger partial charge in [-0.1, -0.05) is 66.2 Å². The maximum absolute atomic E-state index is 10.9. The second-order valence-electron chi connectivity index (χ2n) is 5.41. The minimum Gasteiger partial charge on any atom is -0.481 e. The summed E-state index contributed by atoms with van der Waals surface area (Å²) >= 11 is 0. The lowest BCUT2D eigenvalue weighted by atomic mass is 10.1. The summed E-state index contributed by atoms with van der Waals surface area (Å²) < 4.78 is 4.73. The Hall–Kier alpha value is -1.65. The molecule has 0 rings (SSSR count). The summed E-state index contributed by atoms with van der Waals surface area (Å²) in [5.74, 6) is -1.31. The molecule has 5 heteroatoms. The van der Waals surface area contributed by atoms with E-state index < -0.39 is 11.9 Å². The second-order valence-corrected chi connectivity index (χ2v) is 5.41. The number of carboxylic acids is 1. The molecule has 0 aromatic heterocycles. The first-order valence-corrected chi connectivity index (χ1v) is 8.58. The molecule has 0 aromatic rings. The molecule has 5 nitrogen and oxygen atoms in total. The van der Waals surface area contributed by atoms with Gasteiger partial charge in [0.05, 0.1) is 6.26 Å². The average Bonchev–Trinajstić information content (AvgIpc) is 2.52. The number of nitrogens with one attached hydrogen (secondary N) is 1. The van der Waals surface area contributed by atoms with Crippen LogP contribution in [0, 0.1) is 5.41 Å². The Morgan fingerprint density at radius 3 is 1.88 bits per heavy atom. The van der Waals surface area contributed by atoms with E-state index in [4.69, 9.17) is 15.3 Å². The zero-order valence-electron chi connectivity index (χ0n) is 14.9. The summed E-state index contributed by atoms with van der Waals surface area (Å²) in [6, 6.07) is 0. The number of allylic oxidation sites excluding steroid dienone is 1. The number of carboxylic acid groups (broad SMARTS) is 1.